The van der Waals surface area contributed by atoms with Crippen LogP contribution in [0, 0.1) is 6.92 Å². The fourth-order valence-electron chi connectivity index (χ4n) is 2.17. The third-order valence-corrected chi connectivity index (χ3v) is 3.40. The molecule has 0 aliphatic rings. The molecule has 6 nitrogen and oxygen atoms in total. The molecule has 138 valence electrons. The molecule has 0 aliphatic heterocycles. The van der Waals surface area contributed by atoms with E-state index in [1.54, 1.807) is 6.20 Å². The van der Waals surface area contributed by atoms with Crippen LogP contribution in [0.4, 0.5) is 0 Å². The van der Waals surface area contributed by atoms with Crippen molar-refractivity contribution in [3.63, 3.8) is 0 Å². The van der Waals surface area contributed by atoms with Gasteiger partial charge in [0.05, 0.1) is 6.54 Å². The highest BCUT2D eigenvalue weighted by Gasteiger charge is 1.98. The highest BCUT2D eigenvalue weighted by atomic mass is 127. The second-order valence-electron chi connectivity index (χ2n) is 5.47. The van der Waals surface area contributed by atoms with Crippen molar-refractivity contribution in [2.75, 3.05) is 26.2 Å². The molecule has 0 radical (unpaired) electrons. The highest BCUT2D eigenvalue weighted by molar-refractivity contribution is 14.0. The first-order chi connectivity index (χ1) is 11.8. The number of aromatic nitrogens is 2. The van der Waals surface area contributed by atoms with E-state index in [0.717, 1.165) is 37.8 Å². The number of benzene rings is 1. The first-order valence-corrected chi connectivity index (χ1v) is 8.47. The zero-order valence-corrected chi connectivity index (χ0v) is 17.3. The minimum Gasteiger partial charge on any atom is -0.492 e. The SMILES string of the molecule is CCNC(=NCCCn1cccn1)NCCOc1ccc(C)cc1.I. The summed E-state index contributed by atoms with van der Waals surface area (Å²) in [5.74, 6) is 1.72. The second-order valence-corrected chi connectivity index (χ2v) is 5.47. The van der Waals surface area contributed by atoms with Crippen LogP contribution >= 0.6 is 24.0 Å². The minimum absolute atomic E-state index is 0. The molecule has 0 saturated heterocycles. The summed E-state index contributed by atoms with van der Waals surface area (Å²) in [5, 5.41) is 10.7. The van der Waals surface area contributed by atoms with Crippen LogP contribution in [0.25, 0.3) is 0 Å². The first-order valence-electron chi connectivity index (χ1n) is 8.47. The Kier molecular flexibility index (Phi) is 10.7. The average molecular weight is 457 g/mol. The summed E-state index contributed by atoms with van der Waals surface area (Å²) in [6.45, 7) is 7.91. The molecule has 7 heteroatoms. The standard InChI is InChI=1S/C18H27N5O.HI/c1-3-19-18(20-10-4-13-23-14-5-11-22-23)21-12-15-24-17-8-6-16(2)7-9-17;/h5-9,11,14H,3-4,10,12-13,15H2,1-2H3,(H2,19,20,21);1H. The van der Waals surface area contributed by atoms with Gasteiger partial charge < -0.3 is 15.4 Å². The number of hydrogen-bond acceptors (Lipinski definition) is 3. The first kappa shape index (κ1) is 21.3. The van der Waals surface area contributed by atoms with Crippen molar-refractivity contribution in [3.8, 4) is 5.75 Å². The Bertz CT molecular complexity index is 598. The van der Waals surface area contributed by atoms with E-state index in [9.17, 15) is 0 Å². The number of aliphatic imine (C=N–C) groups is 1. The Morgan fingerprint density at radius 1 is 1.24 bits per heavy atom. The summed E-state index contributed by atoms with van der Waals surface area (Å²) in [4.78, 5) is 4.57. The molecule has 0 fully saturated rings. The van der Waals surface area contributed by atoms with Gasteiger partial charge in [0.25, 0.3) is 0 Å². The Morgan fingerprint density at radius 2 is 2.04 bits per heavy atom. The number of nitrogens with zero attached hydrogens (tertiary/aromatic N) is 3. The summed E-state index contributed by atoms with van der Waals surface area (Å²) in [7, 11) is 0. The Hall–Kier alpha value is -1.77. The van der Waals surface area contributed by atoms with Crippen molar-refractivity contribution in [3.05, 3.63) is 48.3 Å². The van der Waals surface area contributed by atoms with Gasteiger partial charge in [0.2, 0.25) is 0 Å². The molecule has 0 atom stereocenters. The van der Waals surface area contributed by atoms with E-state index in [-0.39, 0.29) is 24.0 Å². The smallest absolute Gasteiger partial charge is 0.191 e. The summed E-state index contributed by atoms with van der Waals surface area (Å²) in [5.41, 5.74) is 1.23. The van der Waals surface area contributed by atoms with Gasteiger partial charge in [-0.05, 0) is 38.5 Å². The normalized spacial score (nSPS) is 10.9. The molecule has 25 heavy (non-hydrogen) atoms. The topological polar surface area (TPSA) is 63.5 Å². The number of nitrogens with one attached hydrogen (secondary N) is 2. The van der Waals surface area contributed by atoms with Crippen LogP contribution in [-0.2, 0) is 6.54 Å². The van der Waals surface area contributed by atoms with Crippen LogP contribution in [0.1, 0.15) is 18.9 Å². The number of guanidine groups is 1. The van der Waals surface area contributed by atoms with Crippen LogP contribution in [0.15, 0.2) is 47.7 Å². The summed E-state index contributed by atoms with van der Waals surface area (Å²) in [6, 6.07) is 10.0. The molecule has 1 aromatic heterocycles. The van der Waals surface area contributed by atoms with Crippen molar-refractivity contribution in [2.45, 2.75) is 26.8 Å². The number of aryl methyl sites for hydroxylation is 2. The van der Waals surface area contributed by atoms with Crippen molar-refractivity contribution < 1.29 is 4.74 Å². The Labute approximate surface area is 167 Å². The van der Waals surface area contributed by atoms with Gasteiger partial charge in [-0.3, -0.25) is 9.67 Å². The lowest BCUT2D eigenvalue weighted by atomic mass is 10.2. The maximum absolute atomic E-state index is 5.71. The molecule has 0 bridgehead atoms. The third kappa shape index (κ3) is 8.76. The van der Waals surface area contributed by atoms with Crippen molar-refractivity contribution in [1.82, 2.24) is 20.4 Å². The number of rotatable bonds is 9. The van der Waals surface area contributed by atoms with Gasteiger partial charge >= 0.3 is 0 Å². The van der Waals surface area contributed by atoms with E-state index in [1.807, 2.05) is 41.2 Å². The number of ether oxygens (including phenoxy) is 1. The Morgan fingerprint density at radius 3 is 2.72 bits per heavy atom. The highest BCUT2D eigenvalue weighted by Crippen LogP contribution is 2.10. The predicted molar refractivity (Wildman–Crippen MR) is 113 cm³/mol. The molecule has 2 aromatic rings. The van der Waals surface area contributed by atoms with Crippen molar-refractivity contribution in [2.24, 2.45) is 4.99 Å². The molecular weight excluding hydrogens is 429 g/mol. The zero-order valence-electron chi connectivity index (χ0n) is 14.9. The third-order valence-electron chi connectivity index (χ3n) is 3.40. The molecule has 1 aromatic carbocycles. The summed E-state index contributed by atoms with van der Waals surface area (Å²) >= 11 is 0. The zero-order chi connectivity index (χ0) is 17.0. The second kappa shape index (κ2) is 12.6. The van der Waals surface area contributed by atoms with Crippen LogP contribution in [0.3, 0.4) is 0 Å². The molecule has 1 heterocycles. The predicted octanol–water partition coefficient (Wildman–Crippen LogP) is 2.83. The quantitative estimate of drug-likeness (QED) is 0.263. The van der Waals surface area contributed by atoms with E-state index in [1.165, 1.54) is 5.56 Å². The molecule has 0 aliphatic carbocycles. The van der Waals surface area contributed by atoms with Gasteiger partial charge in [0.15, 0.2) is 5.96 Å². The maximum Gasteiger partial charge on any atom is 0.191 e. The molecule has 2 rings (SSSR count). The molecule has 0 saturated carbocycles. The van der Waals surface area contributed by atoms with Gasteiger partial charge in [-0.15, -0.1) is 24.0 Å². The average Bonchev–Trinajstić information content (AvgIpc) is 3.10. The largest absolute Gasteiger partial charge is 0.492 e. The molecule has 0 unspecified atom stereocenters. The monoisotopic (exact) mass is 457 g/mol. The van der Waals surface area contributed by atoms with Gasteiger partial charge in [-0.25, -0.2) is 0 Å². The van der Waals surface area contributed by atoms with E-state index in [4.69, 9.17) is 4.74 Å². The van der Waals surface area contributed by atoms with Crippen molar-refractivity contribution >= 4 is 29.9 Å². The Balaban J connectivity index is 0.00000312. The molecule has 0 amide bonds. The van der Waals surface area contributed by atoms with E-state index in [2.05, 4.69) is 34.6 Å². The fraction of sp³-hybridized carbons (Fsp3) is 0.444. The van der Waals surface area contributed by atoms with Gasteiger partial charge in [-0.2, -0.15) is 5.10 Å². The summed E-state index contributed by atoms with van der Waals surface area (Å²) in [6.07, 6.45) is 4.72. The molecule has 0 spiro atoms. The van der Waals surface area contributed by atoms with Crippen LogP contribution in [0.2, 0.25) is 0 Å². The van der Waals surface area contributed by atoms with Gasteiger partial charge in [-0.1, -0.05) is 17.7 Å². The summed E-state index contributed by atoms with van der Waals surface area (Å²) < 4.78 is 7.63. The van der Waals surface area contributed by atoms with E-state index < -0.39 is 0 Å². The van der Waals surface area contributed by atoms with Gasteiger partial charge in [0, 0.05) is 32.0 Å². The van der Waals surface area contributed by atoms with Crippen LogP contribution < -0.4 is 15.4 Å². The van der Waals surface area contributed by atoms with Crippen LogP contribution in [0.5, 0.6) is 5.75 Å². The van der Waals surface area contributed by atoms with E-state index >= 15 is 0 Å². The van der Waals surface area contributed by atoms with Crippen LogP contribution in [-0.4, -0.2) is 42.0 Å². The lowest BCUT2D eigenvalue weighted by Crippen LogP contribution is -2.39. The van der Waals surface area contributed by atoms with Crippen molar-refractivity contribution in [1.29, 1.82) is 0 Å². The minimum atomic E-state index is 0. The van der Waals surface area contributed by atoms with Gasteiger partial charge in [0.1, 0.15) is 12.4 Å². The van der Waals surface area contributed by atoms with E-state index in [0.29, 0.717) is 13.2 Å². The maximum atomic E-state index is 5.71. The lowest BCUT2D eigenvalue weighted by molar-refractivity contribution is 0.322. The lowest BCUT2D eigenvalue weighted by Gasteiger charge is -2.12. The number of hydrogen-bond donors (Lipinski definition) is 2. The molecular formula is C18H28IN5O. The number of halogens is 1. The fourth-order valence-corrected chi connectivity index (χ4v) is 2.17. The molecule has 2 N–H and O–H groups in total.